The highest BCUT2D eigenvalue weighted by atomic mass is 16.2. The van der Waals surface area contributed by atoms with Crippen molar-refractivity contribution in [3.05, 3.63) is 12.7 Å². The number of urea groups is 1. The fourth-order valence-electron chi connectivity index (χ4n) is 5.77. The summed E-state index contributed by atoms with van der Waals surface area (Å²) in [5, 5.41) is 10.7. The third-order valence-corrected chi connectivity index (χ3v) is 8.30. The number of amides is 5. The highest BCUT2D eigenvalue weighted by Crippen LogP contribution is 2.35. The van der Waals surface area contributed by atoms with Crippen molar-refractivity contribution < 1.29 is 28.8 Å². The molecule has 0 aromatic carbocycles. The quantitative estimate of drug-likeness (QED) is 0.207. The van der Waals surface area contributed by atoms with Crippen LogP contribution in [-0.4, -0.2) is 77.5 Å². The van der Waals surface area contributed by atoms with Crippen LogP contribution in [0.15, 0.2) is 12.7 Å². The van der Waals surface area contributed by atoms with Gasteiger partial charge in [0.2, 0.25) is 17.6 Å². The second kappa shape index (κ2) is 14.1. The molecular weight excluding hydrogens is 526 g/mol. The number of hydrogen-bond acceptors (Lipinski definition) is 6. The normalized spacial score (nSPS) is 21.7. The van der Waals surface area contributed by atoms with Crippen LogP contribution in [0.5, 0.6) is 0 Å². The van der Waals surface area contributed by atoms with E-state index in [0.717, 1.165) is 44.9 Å². The number of hydrogen-bond donors (Lipinski definition) is 4. The zero-order valence-corrected chi connectivity index (χ0v) is 24.9. The van der Waals surface area contributed by atoms with Crippen LogP contribution in [0, 0.1) is 17.3 Å². The van der Waals surface area contributed by atoms with Crippen LogP contribution in [0.1, 0.15) is 85.5 Å². The third-order valence-electron chi connectivity index (χ3n) is 8.30. The van der Waals surface area contributed by atoms with Crippen molar-refractivity contribution in [2.24, 2.45) is 17.3 Å². The standard InChI is InChI=1S/C30H47N5O6/c1-6-16-31-27(39)23(36)18(2)32-26(38)21-13-10-17-35(21)28(40)25(30(3,4)5)34-29(41)33-22(24(37)20-14-15-20)19-11-8-7-9-12-19/h6,18-22,25H,1,7-17H2,2-5H3,(H,31,39)(H,32,38)(H2,33,34,41)/t18?,21-,22?,25?/m0/s1. The fourth-order valence-corrected chi connectivity index (χ4v) is 5.77. The Hall–Kier alpha value is -3.24. The second-order valence-corrected chi connectivity index (χ2v) is 12.8. The first kappa shape index (κ1) is 32.3. The van der Waals surface area contributed by atoms with E-state index in [1.807, 2.05) is 20.8 Å². The molecule has 0 aromatic rings. The zero-order chi connectivity index (χ0) is 30.3. The molecule has 3 rings (SSSR count). The summed E-state index contributed by atoms with van der Waals surface area (Å²) in [4.78, 5) is 79.1. The van der Waals surface area contributed by atoms with Crippen molar-refractivity contribution in [2.45, 2.75) is 110 Å². The minimum atomic E-state index is -1.08. The summed E-state index contributed by atoms with van der Waals surface area (Å²) in [6.07, 6.45) is 9.12. The molecule has 228 valence electrons. The maximum atomic E-state index is 13.8. The highest BCUT2D eigenvalue weighted by molar-refractivity contribution is 6.38. The largest absolute Gasteiger partial charge is 0.346 e. The van der Waals surface area contributed by atoms with E-state index in [-0.39, 0.29) is 24.2 Å². The van der Waals surface area contributed by atoms with Crippen molar-refractivity contribution in [1.29, 1.82) is 0 Å². The van der Waals surface area contributed by atoms with Crippen LogP contribution < -0.4 is 21.3 Å². The van der Waals surface area contributed by atoms with Gasteiger partial charge in [-0.1, -0.05) is 46.1 Å². The average molecular weight is 574 g/mol. The summed E-state index contributed by atoms with van der Waals surface area (Å²) in [5.74, 6) is -2.37. The van der Waals surface area contributed by atoms with Gasteiger partial charge in [0.25, 0.3) is 5.91 Å². The molecule has 0 bridgehead atoms. The van der Waals surface area contributed by atoms with Crippen LogP contribution >= 0.6 is 0 Å². The predicted octanol–water partition coefficient (Wildman–Crippen LogP) is 2.00. The lowest BCUT2D eigenvalue weighted by Gasteiger charge is -2.36. The Morgan fingerprint density at radius 3 is 2.15 bits per heavy atom. The van der Waals surface area contributed by atoms with Crippen LogP contribution in [0.2, 0.25) is 0 Å². The molecule has 4 atom stereocenters. The van der Waals surface area contributed by atoms with Crippen molar-refractivity contribution in [3.8, 4) is 0 Å². The lowest BCUT2D eigenvalue weighted by atomic mass is 9.81. The molecule has 5 amide bonds. The minimum absolute atomic E-state index is 0.00785. The average Bonchev–Trinajstić information content (AvgIpc) is 3.67. The SMILES string of the molecule is C=CCNC(=O)C(=O)C(C)NC(=O)[C@@H]1CCCN1C(=O)C(NC(=O)NC(C(=O)C1CC1)C1CCCCC1)C(C)(C)C. The molecule has 3 fully saturated rings. The molecule has 1 heterocycles. The van der Waals surface area contributed by atoms with E-state index in [2.05, 4.69) is 27.8 Å². The summed E-state index contributed by atoms with van der Waals surface area (Å²) in [6, 6.07) is -4.00. The Morgan fingerprint density at radius 1 is 0.902 bits per heavy atom. The Morgan fingerprint density at radius 2 is 1.56 bits per heavy atom. The van der Waals surface area contributed by atoms with Gasteiger partial charge in [0.15, 0.2) is 5.78 Å². The number of ketones is 2. The molecule has 1 saturated heterocycles. The second-order valence-electron chi connectivity index (χ2n) is 12.8. The zero-order valence-electron chi connectivity index (χ0n) is 24.9. The lowest BCUT2D eigenvalue weighted by molar-refractivity contribution is -0.143. The first-order chi connectivity index (χ1) is 19.3. The van der Waals surface area contributed by atoms with E-state index in [9.17, 15) is 28.8 Å². The van der Waals surface area contributed by atoms with Gasteiger partial charge in [-0.3, -0.25) is 24.0 Å². The Labute approximate surface area is 243 Å². The van der Waals surface area contributed by atoms with Gasteiger partial charge in [0, 0.05) is 19.0 Å². The van der Waals surface area contributed by atoms with Crippen molar-refractivity contribution in [2.75, 3.05) is 13.1 Å². The molecule has 0 aromatic heterocycles. The number of nitrogens with zero attached hydrogens (tertiary/aromatic N) is 1. The van der Waals surface area contributed by atoms with Gasteiger partial charge in [-0.2, -0.15) is 0 Å². The number of carbonyl (C=O) groups excluding carboxylic acids is 6. The monoisotopic (exact) mass is 573 g/mol. The van der Waals surface area contributed by atoms with Crippen LogP contribution in [0.25, 0.3) is 0 Å². The van der Waals surface area contributed by atoms with E-state index in [4.69, 9.17) is 0 Å². The van der Waals surface area contributed by atoms with E-state index in [1.165, 1.54) is 17.9 Å². The molecule has 1 aliphatic heterocycles. The fraction of sp³-hybridized carbons (Fsp3) is 0.733. The van der Waals surface area contributed by atoms with Gasteiger partial charge in [-0.25, -0.2) is 4.79 Å². The van der Waals surface area contributed by atoms with E-state index >= 15 is 0 Å². The van der Waals surface area contributed by atoms with E-state index in [1.54, 1.807) is 0 Å². The molecule has 41 heavy (non-hydrogen) atoms. The van der Waals surface area contributed by atoms with Crippen LogP contribution in [-0.2, 0) is 24.0 Å². The summed E-state index contributed by atoms with van der Waals surface area (Å²) in [6.45, 7) is 10.8. The molecule has 3 unspecified atom stereocenters. The number of likely N-dealkylation sites (tertiary alicyclic amines) is 1. The molecule has 4 N–H and O–H groups in total. The first-order valence-corrected chi connectivity index (χ1v) is 15.0. The van der Waals surface area contributed by atoms with Gasteiger partial charge in [0.1, 0.15) is 12.1 Å². The van der Waals surface area contributed by atoms with E-state index in [0.29, 0.717) is 19.4 Å². The van der Waals surface area contributed by atoms with Gasteiger partial charge in [-0.05, 0) is 56.8 Å². The minimum Gasteiger partial charge on any atom is -0.346 e. The van der Waals surface area contributed by atoms with Crippen molar-refractivity contribution in [3.63, 3.8) is 0 Å². The van der Waals surface area contributed by atoms with Gasteiger partial charge in [-0.15, -0.1) is 6.58 Å². The van der Waals surface area contributed by atoms with Crippen molar-refractivity contribution >= 4 is 35.3 Å². The molecule has 2 aliphatic carbocycles. The number of nitrogens with one attached hydrogen (secondary N) is 4. The molecule has 2 saturated carbocycles. The molecule has 11 nitrogen and oxygen atoms in total. The maximum Gasteiger partial charge on any atom is 0.316 e. The summed E-state index contributed by atoms with van der Waals surface area (Å²) in [5.41, 5.74) is -0.689. The molecular formula is C30H47N5O6. The Bertz CT molecular complexity index is 1030. The highest BCUT2D eigenvalue weighted by Gasteiger charge is 2.44. The summed E-state index contributed by atoms with van der Waals surface area (Å²) < 4.78 is 0. The molecule has 0 spiro atoms. The Kier molecular flexibility index (Phi) is 11.1. The smallest absolute Gasteiger partial charge is 0.316 e. The molecule has 11 heteroatoms. The summed E-state index contributed by atoms with van der Waals surface area (Å²) >= 11 is 0. The van der Waals surface area contributed by atoms with Crippen LogP contribution in [0.3, 0.4) is 0 Å². The van der Waals surface area contributed by atoms with Gasteiger partial charge in [0.05, 0.1) is 12.1 Å². The van der Waals surface area contributed by atoms with E-state index < -0.39 is 59.1 Å². The maximum absolute atomic E-state index is 13.8. The number of carbonyl (C=O) groups is 6. The Balaban J connectivity index is 1.67. The first-order valence-electron chi connectivity index (χ1n) is 15.0. The third kappa shape index (κ3) is 8.63. The molecule has 0 radical (unpaired) electrons. The van der Waals surface area contributed by atoms with Crippen molar-refractivity contribution in [1.82, 2.24) is 26.2 Å². The van der Waals surface area contributed by atoms with Gasteiger partial charge < -0.3 is 26.2 Å². The predicted molar refractivity (Wildman–Crippen MR) is 154 cm³/mol. The topological polar surface area (TPSA) is 154 Å². The van der Waals surface area contributed by atoms with Gasteiger partial charge >= 0.3 is 6.03 Å². The lowest BCUT2D eigenvalue weighted by Crippen LogP contribution is -2.61. The number of Topliss-reactive ketones (excluding diaryl/α,β-unsaturated/α-hetero) is 2. The summed E-state index contributed by atoms with van der Waals surface area (Å²) in [7, 11) is 0. The number of rotatable bonds is 12. The molecule has 3 aliphatic rings. The van der Waals surface area contributed by atoms with Crippen LogP contribution in [0.4, 0.5) is 4.79 Å².